The second-order valence-corrected chi connectivity index (χ2v) is 6.52. The van der Waals surface area contributed by atoms with Crippen molar-refractivity contribution in [1.29, 1.82) is 0 Å². The smallest absolute Gasteiger partial charge is 0.271 e. The predicted molar refractivity (Wildman–Crippen MR) is 116 cm³/mol. The van der Waals surface area contributed by atoms with E-state index in [4.69, 9.17) is 0 Å². The molecule has 0 aliphatic rings. The Morgan fingerprint density at radius 1 is 0.606 bits per heavy atom. The van der Waals surface area contributed by atoms with E-state index in [0.29, 0.717) is 0 Å². The topological polar surface area (TPSA) is 174 Å². The summed E-state index contributed by atoms with van der Waals surface area (Å²) in [6.07, 6.45) is 0. The van der Waals surface area contributed by atoms with Gasteiger partial charge in [-0.15, -0.1) is 0 Å². The fourth-order valence-electron chi connectivity index (χ4n) is 2.71. The Balaban J connectivity index is 1.67. The van der Waals surface area contributed by atoms with Crippen LogP contribution in [0.4, 0.5) is 17.1 Å². The van der Waals surface area contributed by atoms with Crippen molar-refractivity contribution in [2.24, 2.45) is 0 Å². The van der Waals surface area contributed by atoms with Gasteiger partial charge >= 0.3 is 0 Å². The lowest BCUT2D eigenvalue weighted by Crippen LogP contribution is -2.41. The number of nitro benzene ring substituents is 2. The second-order valence-electron chi connectivity index (χ2n) is 6.52. The molecule has 0 heterocycles. The van der Waals surface area contributed by atoms with Crippen LogP contribution in [0.1, 0.15) is 31.1 Å². The molecule has 12 heteroatoms. The SMILES string of the molecule is O=C(NNC(=O)c1ccccc1NC(=O)c1ccc([N+](=O)[O-])cc1)c1ccc([N+](=O)[O-])cc1. The van der Waals surface area contributed by atoms with E-state index < -0.39 is 27.6 Å². The predicted octanol–water partition coefficient (Wildman–Crippen LogP) is 2.83. The van der Waals surface area contributed by atoms with Crippen LogP contribution in [0.3, 0.4) is 0 Å². The Hall–Kier alpha value is -5.13. The molecule has 0 bridgehead atoms. The summed E-state index contributed by atoms with van der Waals surface area (Å²) in [5, 5.41) is 24.0. The van der Waals surface area contributed by atoms with Crippen LogP contribution in [0.5, 0.6) is 0 Å². The quantitative estimate of drug-likeness (QED) is 0.383. The first-order valence-electron chi connectivity index (χ1n) is 9.26. The molecule has 0 saturated heterocycles. The number of carbonyl (C=O) groups is 3. The highest BCUT2D eigenvalue weighted by molar-refractivity contribution is 6.09. The number of anilines is 1. The normalized spacial score (nSPS) is 10.1. The average molecular weight is 449 g/mol. The molecular formula is C21H15N5O7. The largest absolute Gasteiger partial charge is 0.321 e. The number of hydrogen-bond acceptors (Lipinski definition) is 7. The summed E-state index contributed by atoms with van der Waals surface area (Å²) in [7, 11) is 0. The number of para-hydroxylation sites is 1. The van der Waals surface area contributed by atoms with E-state index in [1.54, 1.807) is 12.1 Å². The Labute approximate surface area is 185 Å². The van der Waals surface area contributed by atoms with Crippen molar-refractivity contribution in [1.82, 2.24) is 10.9 Å². The highest BCUT2D eigenvalue weighted by atomic mass is 16.6. The lowest BCUT2D eigenvalue weighted by atomic mass is 10.1. The van der Waals surface area contributed by atoms with E-state index in [0.717, 1.165) is 12.1 Å². The van der Waals surface area contributed by atoms with Crippen molar-refractivity contribution in [3.05, 3.63) is 110 Å². The zero-order chi connectivity index (χ0) is 24.0. The van der Waals surface area contributed by atoms with Gasteiger partial charge in [0.2, 0.25) is 0 Å². The number of hydrazine groups is 1. The molecule has 0 radical (unpaired) electrons. The van der Waals surface area contributed by atoms with Crippen molar-refractivity contribution in [2.75, 3.05) is 5.32 Å². The van der Waals surface area contributed by atoms with Gasteiger partial charge in [-0.1, -0.05) is 12.1 Å². The summed E-state index contributed by atoms with van der Waals surface area (Å²) in [4.78, 5) is 57.4. The van der Waals surface area contributed by atoms with Crippen molar-refractivity contribution >= 4 is 34.8 Å². The summed E-state index contributed by atoms with van der Waals surface area (Å²) in [6, 6.07) is 15.7. The number of carbonyl (C=O) groups excluding carboxylic acids is 3. The Kier molecular flexibility index (Phi) is 6.69. The van der Waals surface area contributed by atoms with Crippen LogP contribution in [0.15, 0.2) is 72.8 Å². The maximum Gasteiger partial charge on any atom is 0.271 e. The van der Waals surface area contributed by atoms with Gasteiger partial charge in [-0.2, -0.15) is 0 Å². The van der Waals surface area contributed by atoms with Crippen LogP contribution >= 0.6 is 0 Å². The molecule has 3 amide bonds. The van der Waals surface area contributed by atoms with Gasteiger partial charge in [0.05, 0.1) is 21.1 Å². The Morgan fingerprint density at radius 3 is 1.58 bits per heavy atom. The molecule has 0 aliphatic heterocycles. The third-order valence-electron chi connectivity index (χ3n) is 4.39. The number of rotatable bonds is 6. The highest BCUT2D eigenvalue weighted by Gasteiger charge is 2.16. The fourth-order valence-corrected chi connectivity index (χ4v) is 2.71. The van der Waals surface area contributed by atoms with Gasteiger partial charge in [0.1, 0.15) is 0 Å². The van der Waals surface area contributed by atoms with E-state index in [1.807, 2.05) is 0 Å². The number of nitrogens with zero attached hydrogens (tertiary/aromatic N) is 2. The molecule has 0 spiro atoms. The summed E-state index contributed by atoms with van der Waals surface area (Å²) >= 11 is 0. The monoisotopic (exact) mass is 449 g/mol. The van der Waals surface area contributed by atoms with Gasteiger partial charge in [-0.05, 0) is 36.4 Å². The highest BCUT2D eigenvalue weighted by Crippen LogP contribution is 2.18. The standard InChI is InChI=1S/C21H15N5O7/c27-19(13-5-9-15(10-6-13)25(30)31)22-18-4-2-1-3-17(18)21(29)24-23-20(28)14-7-11-16(12-8-14)26(32)33/h1-12H,(H,22,27)(H,23,28)(H,24,29). The van der Waals surface area contributed by atoms with Gasteiger partial charge < -0.3 is 5.32 Å². The Bertz CT molecular complexity index is 1240. The molecule has 3 rings (SSSR count). The van der Waals surface area contributed by atoms with Crippen LogP contribution in [-0.4, -0.2) is 27.6 Å². The van der Waals surface area contributed by atoms with Gasteiger partial charge in [0, 0.05) is 35.4 Å². The molecule has 0 aliphatic carbocycles. The van der Waals surface area contributed by atoms with Crippen molar-refractivity contribution < 1.29 is 24.2 Å². The minimum atomic E-state index is -0.732. The van der Waals surface area contributed by atoms with Crippen LogP contribution in [-0.2, 0) is 0 Å². The zero-order valence-electron chi connectivity index (χ0n) is 16.7. The van der Waals surface area contributed by atoms with Crippen LogP contribution in [0.25, 0.3) is 0 Å². The average Bonchev–Trinajstić information content (AvgIpc) is 2.82. The number of amides is 3. The minimum Gasteiger partial charge on any atom is -0.321 e. The summed E-state index contributed by atoms with van der Waals surface area (Å²) < 4.78 is 0. The van der Waals surface area contributed by atoms with Gasteiger partial charge in [0.15, 0.2) is 0 Å². The number of nitro groups is 2. The molecule has 33 heavy (non-hydrogen) atoms. The maximum absolute atomic E-state index is 12.5. The number of non-ortho nitro benzene ring substituents is 2. The molecule has 12 nitrogen and oxygen atoms in total. The third kappa shape index (κ3) is 5.52. The Morgan fingerprint density at radius 2 is 1.06 bits per heavy atom. The second kappa shape index (κ2) is 9.78. The lowest BCUT2D eigenvalue weighted by Gasteiger charge is -2.12. The van der Waals surface area contributed by atoms with E-state index in [1.165, 1.54) is 48.5 Å². The van der Waals surface area contributed by atoms with Crippen LogP contribution in [0.2, 0.25) is 0 Å². The van der Waals surface area contributed by atoms with Crippen molar-refractivity contribution in [3.8, 4) is 0 Å². The van der Waals surface area contributed by atoms with Crippen LogP contribution < -0.4 is 16.2 Å². The maximum atomic E-state index is 12.5. The molecule has 0 aromatic heterocycles. The molecule has 166 valence electrons. The molecule has 3 aromatic carbocycles. The lowest BCUT2D eigenvalue weighted by molar-refractivity contribution is -0.385. The minimum absolute atomic E-state index is 0.0387. The van der Waals surface area contributed by atoms with Gasteiger partial charge in [0.25, 0.3) is 29.1 Å². The van der Waals surface area contributed by atoms with Crippen molar-refractivity contribution in [3.63, 3.8) is 0 Å². The molecule has 0 atom stereocenters. The molecule has 3 N–H and O–H groups in total. The molecular weight excluding hydrogens is 434 g/mol. The number of benzene rings is 3. The molecule has 3 aromatic rings. The summed E-state index contributed by atoms with van der Waals surface area (Å²) in [5.41, 5.74) is 4.45. The van der Waals surface area contributed by atoms with E-state index in [9.17, 15) is 34.6 Å². The first-order valence-corrected chi connectivity index (χ1v) is 9.26. The number of hydrogen-bond donors (Lipinski definition) is 3. The molecule has 0 saturated carbocycles. The van der Waals surface area contributed by atoms with Crippen LogP contribution in [0, 0.1) is 20.2 Å². The fraction of sp³-hybridized carbons (Fsp3) is 0. The van der Waals surface area contributed by atoms with Crippen molar-refractivity contribution in [2.45, 2.75) is 0 Å². The molecule has 0 fully saturated rings. The van der Waals surface area contributed by atoms with E-state index >= 15 is 0 Å². The zero-order valence-corrected chi connectivity index (χ0v) is 16.7. The first kappa shape index (κ1) is 22.6. The summed E-state index contributed by atoms with van der Waals surface area (Å²) in [6.45, 7) is 0. The third-order valence-corrected chi connectivity index (χ3v) is 4.39. The van der Waals surface area contributed by atoms with Gasteiger partial charge in [-0.3, -0.25) is 45.5 Å². The van der Waals surface area contributed by atoms with Gasteiger partial charge in [-0.25, -0.2) is 0 Å². The summed E-state index contributed by atoms with van der Waals surface area (Å²) in [5.74, 6) is -2.03. The van der Waals surface area contributed by atoms with E-state index in [2.05, 4.69) is 16.2 Å². The van der Waals surface area contributed by atoms with E-state index in [-0.39, 0.29) is 33.8 Å². The first-order chi connectivity index (χ1) is 15.8. The molecule has 0 unspecified atom stereocenters. The number of nitrogens with one attached hydrogen (secondary N) is 3.